The first-order valence-electron chi connectivity index (χ1n) is 7.04. The molecular formula is C17H24N2. The number of hydrogen-bond donors (Lipinski definition) is 0. The first-order chi connectivity index (χ1) is 9.20. The zero-order chi connectivity index (χ0) is 13.7. The van der Waals surface area contributed by atoms with Crippen LogP contribution in [0.25, 0.3) is 10.8 Å². The summed E-state index contributed by atoms with van der Waals surface area (Å²) in [5.74, 6) is 0. The van der Waals surface area contributed by atoms with E-state index >= 15 is 0 Å². The molecule has 2 rings (SSSR count). The number of likely N-dealkylation sites (N-methyl/N-ethyl adjacent to an activating group) is 2. The van der Waals surface area contributed by atoms with Gasteiger partial charge in [-0.05, 0) is 37.0 Å². The van der Waals surface area contributed by atoms with Crippen molar-refractivity contribution in [2.45, 2.75) is 13.5 Å². The van der Waals surface area contributed by atoms with Crippen LogP contribution < -0.4 is 0 Å². The molecule has 0 radical (unpaired) electrons. The highest BCUT2D eigenvalue weighted by Crippen LogP contribution is 2.19. The van der Waals surface area contributed by atoms with Crippen molar-refractivity contribution >= 4 is 10.8 Å². The molecule has 0 bridgehead atoms. The molecule has 0 amide bonds. The lowest BCUT2D eigenvalue weighted by Crippen LogP contribution is -2.30. The van der Waals surface area contributed by atoms with Crippen molar-refractivity contribution in [3.05, 3.63) is 48.0 Å². The summed E-state index contributed by atoms with van der Waals surface area (Å²) in [6.45, 7) is 6.55. The monoisotopic (exact) mass is 256 g/mol. The van der Waals surface area contributed by atoms with E-state index in [1.807, 2.05) is 0 Å². The molecule has 0 saturated heterocycles. The van der Waals surface area contributed by atoms with Crippen LogP contribution in [0.15, 0.2) is 42.5 Å². The van der Waals surface area contributed by atoms with Gasteiger partial charge in [-0.2, -0.15) is 0 Å². The molecule has 0 atom stereocenters. The average molecular weight is 256 g/mol. The molecule has 2 nitrogen and oxygen atoms in total. The zero-order valence-corrected chi connectivity index (χ0v) is 12.3. The van der Waals surface area contributed by atoms with Crippen LogP contribution in [0, 0.1) is 0 Å². The van der Waals surface area contributed by atoms with Gasteiger partial charge in [0.15, 0.2) is 0 Å². The molecule has 102 valence electrons. The second-order valence-corrected chi connectivity index (χ2v) is 5.27. The van der Waals surface area contributed by atoms with E-state index in [1.54, 1.807) is 0 Å². The molecule has 2 aromatic rings. The topological polar surface area (TPSA) is 6.48 Å². The Morgan fingerprint density at radius 3 is 2.32 bits per heavy atom. The molecule has 0 unspecified atom stereocenters. The van der Waals surface area contributed by atoms with Crippen molar-refractivity contribution in [1.82, 2.24) is 9.80 Å². The summed E-state index contributed by atoms with van der Waals surface area (Å²) in [7, 11) is 4.37. The fraction of sp³-hybridized carbons (Fsp3) is 0.412. The second kappa shape index (κ2) is 6.69. The Morgan fingerprint density at radius 1 is 0.842 bits per heavy atom. The van der Waals surface area contributed by atoms with Gasteiger partial charge in [0, 0.05) is 19.6 Å². The van der Waals surface area contributed by atoms with E-state index in [-0.39, 0.29) is 0 Å². The van der Waals surface area contributed by atoms with Crippen LogP contribution in [0.4, 0.5) is 0 Å². The molecule has 0 saturated carbocycles. The molecular weight excluding hydrogens is 232 g/mol. The van der Waals surface area contributed by atoms with Crippen molar-refractivity contribution in [2.75, 3.05) is 33.7 Å². The molecule has 0 spiro atoms. The molecule has 0 aliphatic rings. The molecule has 0 heterocycles. The minimum atomic E-state index is 1.01. The van der Waals surface area contributed by atoms with E-state index in [2.05, 4.69) is 73.3 Å². The summed E-state index contributed by atoms with van der Waals surface area (Å²) in [4.78, 5) is 4.74. The molecule has 0 aromatic heterocycles. The zero-order valence-electron chi connectivity index (χ0n) is 12.3. The van der Waals surface area contributed by atoms with Crippen LogP contribution in [0.1, 0.15) is 12.5 Å². The lowest BCUT2D eigenvalue weighted by molar-refractivity contribution is 0.259. The quantitative estimate of drug-likeness (QED) is 0.783. The SMILES string of the molecule is CCN(C)CCN(C)Cc1cccc2ccccc12. The molecule has 19 heavy (non-hydrogen) atoms. The summed E-state index contributed by atoms with van der Waals surface area (Å²) in [5, 5.41) is 2.71. The molecule has 0 aliphatic heterocycles. The summed E-state index contributed by atoms with van der Waals surface area (Å²) < 4.78 is 0. The van der Waals surface area contributed by atoms with Gasteiger partial charge in [-0.25, -0.2) is 0 Å². The van der Waals surface area contributed by atoms with Gasteiger partial charge in [-0.15, -0.1) is 0 Å². The third-order valence-electron chi connectivity index (χ3n) is 3.72. The van der Waals surface area contributed by atoms with Crippen LogP contribution >= 0.6 is 0 Å². The minimum Gasteiger partial charge on any atom is -0.305 e. The molecule has 2 aromatic carbocycles. The third-order valence-corrected chi connectivity index (χ3v) is 3.72. The number of benzene rings is 2. The Labute approximate surface area is 116 Å². The van der Waals surface area contributed by atoms with Gasteiger partial charge in [0.2, 0.25) is 0 Å². The van der Waals surface area contributed by atoms with Crippen LogP contribution in [-0.2, 0) is 6.54 Å². The highest BCUT2D eigenvalue weighted by molar-refractivity contribution is 5.85. The van der Waals surface area contributed by atoms with E-state index < -0.39 is 0 Å². The second-order valence-electron chi connectivity index (χ2n) is 5.27. The molecule has 0 aliphatic carbocycles. The number of fused-ring (bicyclic) bond motifs is 1. The minimum absolute atomic E-state index is 1.01. The highest BCUT2D eigenvalue weighted by atomic mass is 15.2. The van der Waals surface area contributed by atoms with Crippen LogP contribution in [0.2, 0.25) is 0 Å². The fourth-order valence-electron chi connectivity index (χ4n) is 2.30. The fourth-order valence-corrected chi connectivity index (χ4v) is 2.30. The Kier molecular flexibility index (Phi) is 4.94. The Hall–Kier alpha value is -1.38. The van der Waals surface area contributed by atoms with Gasteiger partial charge in [-0.1, -0.05) is 49.4 Å². The van der Waals surface area contributed by atoms with E-state index in [0.717, 1.165) is 26.2 Å². The van der Waals surface area contributed by atoms with E-state index in [9.17, 15) is 0 Å². The lowest BCUT2D eigenvalue weighted by Gasteiger charge is -2.21. The van der Waals surface area contributed by atoms with Gasteiger partial charge in [0.05, 0.1) is 0 Å². The maximum atomic E-state index is 2.40. The first-order valence-corrected chi connectivity index (χ1v) is 7.04. The largest absolute Gasteiger partial charge is 0.305 e. The van der Waals surface area contributed by atoms with E-state index in [0.29, 0.717) is 0 Å². The summed E-state index contributed by atoms with van der Waals surface area (Å²) in [6, 6.07) is 15.2. The predicted molar refractivity (Wildman–Crippen MR) is 83.5 cm³/mol. The van der Waals surface area contributed by atoms with Gasteiger partial charge in [0.1, 0.15) is 0 Å². The third kappa shape index (κ3) is 3.79. The number of nitrogens with zero attached hydrogens (tertiary/aromatic N) is 2. The van der Waals surface area contributed by atoms with E-state index in [4.69, 9.17) is 0 Å². The van der Waals surface area contributed by atoms with E-state index in [1.165, 1.54) is 16.3 Å². The molecule has 0 fully saturated rings. The van der Waals surface area contributed by atoms with Crippen molar-refractivity contribution in [3.8, 4) is 0 Å². The van der Waals surface area contributed by atoms with Gasteiger partial charge >= 0.3 is 0 Å². The number of hydrogen-bond acceptors (Lipinski definition) is 2. The highest BCUT2D eigenvalue weighted by Gasteiger charge is 2.05. The standard InChI is InChI=1S/C17H24N2/c1-4-18(2)12-13-19(3)14-16-10-7-9-15-8-5-6-11-17(15)16/h5-11H,4,12-14H2,1-3H3. The lowest BCUT2D eigenvalue weighted by atomic mass is 10.0. The van der Waals surface area contributed by atoms with Gasteiger partial charge in [0.25, 0.3) is 0 Å². The maximum absolute atomic E-state index is 2.40. The smallest absolute Gasteiger partial charge is 0.0237 e. The van der Waals surface area contributed by atoms with Crippen LogP contribution in [0.5, 0.6) is 0 Å². The van der Waals surface area contributed by atoms with Gasteiger partial charge < -0.3 is 9.80 Å². The maximum Gasteiger partial charge on any atom is 0.0237 e. The van der Waals surface area contributed by atoms with Crippen molar-refractivity contribution < 1.29 is 0 Å². The number of rotatable bonds is 6. The average Bonchev–Trinajstić information content (AvgIpc) is 2.45. The summed E-state index contributed by atoms with van der Waals surface area (Å²) in [5.41, 5.74) is 1.42. The van der Waals surface area contributed by atoms with Crippen molar-refractivity contribution in [2.24, 2.45) is 0 Å². The Bertz CT molecular complexity index is 516. The van der Waals surface area contributed by atoms with Gasteiger partial charge in [-0.3, -0.25) is 0 Å². The Balaban J connectivity index is 2.04. The van der Waals surface area contributed by atoms with Crippen LogP contribution in [0.3, 0.4) is 0 Å². The van der Waals surface area contributed by atoms with Crippen LogP contribution in [-0.4, -0.2) is 43.5 Å². The normalized spacial score (nSPS) is 11.6. The molecule has 0 N–H and O–H groups in total. The predicted octanol–water partition coefficient (Wildman–Crippen LogP) is 3.22. The first kappa shape index (κ1) is 14.0. The summed E-state index contributed by atoms with van der Waals surface area (Å²) >= 11 is 0. The van der Waals surface area contributed by atoms with Crippen molar-refractivity contribution in [3.63, 3.8) is 0 Å². The summed E-state index contributed by atoms with van der Waals surface area (Å²) in [6.07, 6.45) is 0. The molecule has 2 heteroatoms. The Morgan fingerprint density at radius 2 is 1.53 bits per heavy atom. The van der Waals surface area contributed by atoms with Crippen molar-refractivity contribution in [1.29, 1.82) is 0 Å².